The monoisotopic (exact) mass is 315 g/mol. The number of hydrogen-bond acceptors (Lipinski definition) is 4. The average molecular weight is 315 g/mol. The third-order valence-electron chi connectivity index (χ3n) is 4.57. The zero-order valence-electron chi connectivity index (χ0n) is 14.1. The van der Waals surface area contributed by atoms with Crippen LogP contribution >= 0.6 is 0 Å². The molecule has 1 heterocycles. The van der Waals surface area contributed by atoms with E-state index in [9.17, 15) is 9.90 Å². The van der Waals surface area contributed by atoms with Crippen molar-refractivity contribution in [3.63, 3.8) is 0 Å². The molecule has 1 saturated carbocycles. The molecule has 0 radical (unpaired) electrons. The van der Waals surface area contributed by atoms with Gasteiger partial charge in [0.05, 0.1) is 0 Å². The van der Waals surface area contributed by atoms with Crippen molar-refractivity contribution in [2.24, 2.45) is 5.41 Å². The number of nitrogens with zero attached hydrogens (tertiary/aromatic N) is 1. The summed E-state index contributed by atoms with van der Waals surface area (Å²) in [6.45, 7) is 6.92. The molecule has 1 aliphatic carbocycles. The van der Waals surface area contributed by atoms with Crippen LogP contribution in [0.2, 0.25) is 0 Å². The summed E-state index contributed by atoms with van der Waals surface area (Å²) in [5.41, 5.74) is 0.733. The molecule has 1 aliphatic heterocycles. The molecule has 1 aromatic rings. The molecule has 2 aliphatic rings. The van der Waals surface area contributed by atoms with Gasteiger partial charge in [0, 0.05) is 18.5 Å². The number of rotatable bonds is 3. The van der Waals surface area contributed by atoms with Gasteiger partial charge in [-0.25, -0.2) is 4.79 Å². The Kier molecular flexibility index (Phi) is 3.86. The lowest BCUT2D eigenvalue weighted by atomic mass is 9.93. The highest BCUT2D eigenvalue weighted by Gasteiger charge is 2.52. The third-order valence-corrected chi connectivity index (χ3v) is 4.57. The normalized spacial score (nSPS) is 19.9. The molecule has 0 saturated heterocycles. The summed E-state index contributed by atoms with van der Waals surface area (Å²) >= 11 is 0. The van der Waals surface area contributed by atoms with Crippen LogP contribution in [0, 0.1) is 5.41 Å². The van der Waals surface area contributed by atoms with Crippen LogP contribution in [-0.2, 0) is 16.1 Å². The lowest BCUT2D eigenvalue weighted by molar-refractivity contribution is -0.152. The van der Waals surface area contributed by atoms with Crippen LogP contribution in [0.1, 0.15) is 45.6 Å². The Morgan fingerprint density at radius 2 is 1.87 bits per heavy atom. The van der Waals surface area contributed by atoms with Gasteiger partial charge in [-0.3, -0.25) is 0 Å². The predicted octanol–water partition coefficient (Wildman–Crippen LogP) is 3.78. The van der Waals surface area contributed by atoms with Crippen molar-refractivity contribution < 1.29 is 14.6 Å². The molecule has 1 aromatic carbocycles. The highest BCUT2D eigenvalue weighted by atomic mass is 16.6. The standard InChI is InChI=1S/C19H25NO3/c1-18(2,3)23-17(22)15-16(21)19(9-10-19)11-12-20(15)13-14-7-5-4-6-8-14/h4-8,21H,9-13H2,1-3H3. The minimum Gasteiger partial charge on any atom is -0.509 e. The second kappa shape index (κ2) is 5.59. The van der Waals surface area contributed by atoms with Crippen molar-refractivity contribution in [1.82, 2.24) is 4.90 Å². The molecular formula is C19H25NO3. The molecule has 4 nitrogen and oxygen atoms in total. The van der Waals surface area contributed by atoms with E-state index < -0.39 is 11.6 Å². The first-order chi connectivity index (χ1) is 10.8. The van der Waals surface area contributed by atoms with Crippen LogP contribution in [0.15, 0.2) is 41.8 Å². The second-order valence-electron chi connectivity index (χ2n) is 7.64. The lowest BCUT2D eigenvalue weighted by Gasteiger charge is -2.35. The van der Waals surface area contributed by atoms with Crippen LogP contribution in [0.3, 0.4) is 0 Å². The summed E-state index contributed by atoms with van der Waals surface area (Å²) in [5, 5.41) is 10.7. The summed E-state index contributed by atoms with van der Waals surface area (Å²) in [6, 6.07) is 10.0. The maximum absolute atomic E-state index is 12.7. The van der Waals surface area contributed by atoms with Crippen LogP contribution < -0.4 is 0 Å². The average Bonchev–Trinajstić information content (AvgIpc) is 3.23. The largest absolute Gasteiger partial charge is 0.509 e. The number of esters is 1. The zero-order valence-corrected chi connectivity index (χ0v) is 14.1. The number of carbonyl (C=O) groups excluding carboxylic acids is 1. The fourth-order valence-corrected chi connectivity index (χ4v) is 3.13. The quantitative estimate of drug-likeness (QED) is 0.862. The van der Waals surface area contributed by atoms with Crippen molar-refractivity contribution in [3.8, 4) is 0 Å². The van der Waals surface area contributed by atoms with E-state index in [2.05, 4.69) is 0 Å². The summed E-state index contributed by atoms with van der Waals surface area (Å²) in [6.07, 6.45) is 2.83. The maximum atomic E-state index is 12.7. The number of hydrogen-bond donors (Lipinski definition) is 1. The van der Waals surface area contributed by atoms with Crippen molar-refractivity contribution in [2.75, 3.05) is 6.54 Å². The van der Waals surface area contributed by atoms with E-state index in [-0.39, 0.29) is 11.2 Å². The van der Waals surface area contributed by atoms with Crippen molar-refractivity contribution >= 4 is 5.97 Å². The third kappa shape index (κ3) is 3.36. The van der Waals surface area contributed by atoms with Gasteiger partial charge in [0.2, 0.25) is 0 Å². The van der Waals surface area contributed by atoms with Crippen LogP contribution in [0.4, 0.5) is 0 Å². The first kappa shape index (κ1) is 15.9. The lowest BCUT2D eigenvalue weighted by Crippen LogP contribution is -2.39. The Balaban J connectivity index is 1.89. The van der Waals surface area contributed by atoms with Gasteiger partial charge in [-0.15, -0.1) is 0 Å². The van der Waals surface area contributed by atoms with Gasteiger partial charge in [0.25, 0.3) is 0 Å². The second-order valence-corrected chi connectivity index (χ2v) is 7.64. The fourth-order valence-electron chi connectivity index (χ4n) is 3.13. The van der Waals surface area contributed by atoms with E-state index >= 15 is 0 Å². The molecule has 1 N–H and O–H groups in total. The van der Waals surface area contributed by atoms with Gasteiger partial charge in [-0.05, 0) is 45.6 Å². The molecule has 1 fully saturated rings. The van der Waals surface area contributed by atoms with E-state index in [0.29, 0.717) is 12.2 Å². The van der Waals surface area contributed by atoms with Crippen LogP contribution in [-0.4, -0.2) is 28.1 Å². The number of ether oxygens (including phenoxy) is 1. The van der Waals surface area contributed by atoms with Gasteiger partial charge >= 0.3 is 5.97 Å². The smallest absolute Gasteiger partial charge is 0.358 e. The highest BCUT2D eigenvalue weighted by molar-refractivity contribution is 5.89. The number of benzene rings is 1. The maximum Gasteiger partial charge on any atom is 0.358 e. The van der Waals surface area contributed by atoms with Crippen molar-refractivity contribution in [1.29, 1.82) is 0 Å². The fraction of sp³-hybridized carbons (Fsp3) is 0.526. The Hall–Kier alpha value is -1.97. The highest BCUT2D eigenvalue weighted by Crippen LogP contribution is 2.57. The minimum absolute atomic E-state index is 0.167. The molecule has 0 aromatic heterocycles. The first-order valence-corrected chi connectivity index (χ1v) is 8.27. The van der Waals surface area contributed by atoms with Gasteiger partial charge in [0.1, 0.15) is 11.4 Å². The van der Waals surface area contributed by atoms with Crippen molar-refractivity contribution in [2.45, 2.75) is 52.2 Å². The van der Waals surface area contributed by atoms with E-state index in [4.69, 9.17) is 4.74 Å². The number of allylic oxidation sites excluding steroid dienone is 1. The van der Waals surface area contributed by atoms with Gasteiger partial charge < -0.3 is 14.7 Å². The molecule has 0 amide bonds. The molecule has 3 rings (SSSR count). The van der Waals surface area contributed by atoms with E-state index in [1.807, 2.05) is 56.0 Å². The molecule has 23 heavy (non-hydrogen) atoms. The molecule has 4 heteroatoms. The van der Waals surface area contributed by atoms with E-state index in [1.54, 1.807) is 0 Å². The van der Waals surface area contributed by atoms with Gasteiger partial charge in [-0.1, -0.05) is 30.3 Å². The van der Waals surface area contributed by atoms with Crippen LogP contribution in [0.5, 0.6) is 0 Å². The Morgan fingerprint density at radius 3 is 2.43 bits per heavy atom. The molecular weight excluding hydrogens is 290 g/mol. The van der Waals surface area contributed by atoms with Gasteiger partial charge in [0.15, 0.2) is 5.70 Å². The Labute approximate surface area is 137 Å². The van der Waals surface area contributed by atoms with E-state index in [1.165, 1.54) is 0 Å². The van der Waals surface area contributed by atoms with E-state index in [0.717, 1.165) is 31.4 Å². The Morgan fingerprint density at radius 1 is 1.22 bits per heavy atom. The molecule has 0 unspecified atom stereocenters. The number of carbonyl (C=O) groups is 1. The molecule has 124 valence electrons. The number of aliphatic hydroxyl groups is 1. The Bertz CT molecular complexity index is 624. The molecule has 1 spiro atoms. The minimum atomic E-state index is -0.572. The summed E-state index contributed by atoms with van der Waals surface area (Å²) < 4.78 is 5.54. The summed E-state index contributed by atoms with van der Waals surface area (Å²) in [4.78, 5) is 14.6. The molecule has 0 bridgehead atoms. The number of aliphatic hydroxyl groups excluding tert-OH is 1. The summed E-state index contributed by atoms with van der Waals surface area (Å²) in [5.74, 6) is -0.189. The topological polar surface area (TPSA) is 49.8 Å². The summed E-state index contributed by atoms with van der Waals surface area (Å²) in [7, 11) is 0. The predicted molar refractivity (Wildman–Crippen MR) is 88.6 cm³/mol. The zero-order chi connectivity index (χ0) is 16.7. The molecule has 0 atom stereocenters. The SMILES string of the molecule is CC(C)(C)OC(=O)C1=C(O)C2(CCN1Cc1ccccc1)CC2. The van der Waals surface area contributed by atoms with Gasteiger partial charge in [-0.2, -0.15) is 0 Å². The van der Waals surface area contributed by atoms with Crippen LogP contribution in [0.25, 0.3) is 0 Å². The first-order valence-electron chi connectivity index (χ1n) is 8.27. The van der Waals surface area contributed by atoms with Crippen molar-refractivity contribution in [3.05, 3.63) is 47.4 Å².